The summed E-state index contributed by atoms with van der Waals surface area (Å²) in [5.74, 6) is -0.432. The lowest BCUT2D eigenvalue weighted by atomic mass is 10.1. The first-order chi connectivity index (χ1) is 8.88. The number of carbonyl (C=O) groups excluding carboxylic acids is 1. The third kappa shape index (κ3) is 2.83. The largest absolute Gasteiger partial charge is 0.328 e. The molecular weight excluding hydrogens is 313 g/mol. The summed E-state index contributed by atoms with van der Waals surface area (Å²) in [5.41, 5.74) is 0.155. The van der Waals surface area contributed by atoms with Crippen LogP contribution in [0.3, 0.4) is 0 Å². The van der Waals surface area contributed by atoms with E-state index in [1.807, 2.05) is 0 Å². The molecule has 0 unspecified atom stereocenters. The van der Waals surface area contributed by atoms with Gasteiger partial charge in [-0.25, -0.2) is 0 Å². The van der Waals surface area contributed by atoms with E-state index < -0.39 is 10.8 Å². The van der Waals surface area contributed by atoms with E-state index in [-0.39, 0.29) is 26.5 Å². The summed E-state index contributed by atoms with van der Waals surface area (Å²) in [6.45, 7) is 0. The predicted molar refractivity (Wildman–Crippen MR) is 75.0 cm³/mol. The van der Waals surface area contributed by atoms with Gasteiger partial charge in [0.2, 0.25) is 0 Å². The van der Waals surface area contributed by atoms with Gasteiger partial charge in [-0.15, -0.1) is 0 Å². The Kier molecular flexibility index (Phi) is 3.70. The molecule has 9 heteroatoms. The molecule has 1 heterocycles. The molecule has 1 saturated heterocycles. The molecule has 0 aromatic heterocycles. The van der Waals surface area contributed by atoms with Crippen LogP contribution in [0.15, 0.2) is 17.8 Å². The average molecular weight is 318 g/mol. The molecule has 1 fully saturated rings. The van der Waals surface area contributed by atoms with Crippen LogP contribution in [0.1, 0.15) is 5.56 Å². The topological polar surface area (TPSA) is 84.3 Å². The summed E-state index contributed by atoms with van der Waals surface area (Å²) in [6, 6.07) is 2.44. The monoisotopic (exact) mass is 317 g/mol. The minimum atomic E-state index is -0.631. The Balaban J connectivity index is 2.49. The van der Waals surface area contributed by atoms with Crippen molar-refractivity contribution in [2.45, 2.75) is 0 Å². The molecule has 0 radical (unpaired) electrons. The van der Waals surface area contributed by atoms with Crippen molar-refractivity contribution in [3.05, 3.63) is 43.6 Å². The Hall–Kier alpha value is -1.70. The van der Waals surface area contributed by atoms with Crippen molar-refractivity contribution >= 4 is 58.2 Å². The third-order valence-electron chi connectivity index (χ3n) is 2.28. The van der Waals surface area contributed by atoms with Gasteiger partial charge in [0.25, 0.3) is 11.6 Å². The molecule has 0 spiro atoms. The van der Waals surface area contributed by atoms with Crippen molar-refractivity contribution in [2.24, 2.45) is 0 Å². The maximum absolute atomic E-state index is 11.5. The van der Waals surface area contributed by atoms with Crippen LogP contribution in [0, 0.1) is 10.1 Å². The molecule has 1 aliphatic heterocycles. The first kappa shape index (κ1) is 13.7. The second kappa shape index (κ2) is 5.12. The van der Waals surface area contributed by atoms with Gasteiger partial charge in [-0.2, -0.15) is 0 Å². The molecule has 0 bridgehead atoms. The number of hydrogen-bond acceptors (Lipinski definition) is 4. The lowest BCUT2D eigenvalue weighted by molar-refractivity contribution is -0.384. The molecule has 0 atom stereocenters. The van der Waals surface area contributed by atoms with Gasteiger partial charge in [-0.05, 0) is 24.4 Å². The molecule has 6 nitrogen and oxygen atoms in total. The maximum atomic E-state index is 11.5. The van der Waals surface area contributed by atoms with Crippen LogP contribution in [-0.4, -0.2) is 15.9 Å². The van der Waals surface area contributed by atoms with E-state index in [4.69, 9.17) is 35.4 Å². The zero-order chi connectivity index (χ0) is 14.2. The van der Waals surface area contributed by atoms with E-state index in [2.05, 4.69) is 10.6 Å². The van der Waals surface area contributed by atoms with E-state index >= 15 is 0 Å². The fraction of sp³-hybridized carbons (Fsp3) is 0. The van der Waals surface area contributed by atoms with Crippen LogP contribution in [0.4, 0.5) is 5.69 Å². The highest BCUT2D eigenvalue weighted by molar-refractivity contribution is 7.80. The zero-order valence-corrected chi connectivity index (χ0v) is 11.4. The van der Waals surface area contributed by atoms with Crippen molar-refractivity contribution in [2.75, 3.05) is 0 Å². The number of thiocarbonyl (C=S) groups is 1. The summed E-state index contributed by atoms with van der Waals surface area (Å²) in [7, 11) is 0. The summed E-state index contributed by atoms with van der Waals surface area (Å²) >= 11 is 16.4. The molecule has 2 N–H and O–H groups in total. The van der Waals surface area contributed by atoms with Crippen molar-refractivity contribution in [3.63, 3.8) is 0 Å². The Morgan fingerprint density at radius 3 is 2.47 bits per heavy atom. The second-order valence-corrected chi connectivity index (χ2v) is 4.77. The van der Waals surface area contributed by atoms with Gasteiger partial charge in [0.1, 0.15) is 10.7 Å². The van der Waals surface area contributed by atoms with E-state index in [0.717, 1.165) is 0 Å². The number of carbonyl (C=O) groups is 1. The van der Waals surface area contributed by atoms with E-state index in [1.54, 1.807) is 0 Å². The number of nitrogens with one attached hydrogen (secondary N) is 2. The van der Waals surface area contributed by atoms with Gasteiger partial charge in [0.05, 0.1) is 4.92 Å². The molecule has 19 heavy (non-hydrogen) atoms. The Morgan fingerprint density at radius 1 is 1.26 bits per heavy atom. The highest BCUT2D eigenvalue weighted by Crippen LogP contribution is 2.31. The first-order valence-electron chi connectivity index (χ1n) is 4.86. The van der Waals surface area contributed by atoms with E-state index in [1.165, 1.54) is 18.2 Å². The highest BCUT2D eigenvalue weighted by atomic mass is 35.5. The van der Waals surface area contributed by atoms with Gasteiger partial charge in [-0.1, -0.05) is 23.2 Å². The molecule has 2 rings (SSSR count). The molecule has 98 valence electrons. The van der Waals surface area contributed by atoms with Crippen LogP contribution in [0.25, 0.3) is 6.08 Å². The van der Waals surface area contributed by atoms with Gasteiger partial charge in [0.15, 0.2) is 5.11 Å². The van der Waals surface area contributed by atoms with Gasteiger partial charge in [-0.3, -0.25) is 20.2 Å². The maximum Gasteiger partial charge on any atom is 0.288 e. The lowest BCUT2D eigenvalue weighted by Crippen LogP contribution is -2.21. The standard InChI is InChI=1S/C10H5Cl2N3O3S/c11-5-3-6(12)8(15(17)18)2-4(5)1-7-9(16)14-10(19)13-7/h1-3H,(H2,13,14,16,19)/b7-1+. The number of nitro groups is 1. The highest BCUT2D eigenvalue weighted by Gasteiger charge is 2.22. The number of benzene rings is 1. The van der Waals surface area contributed by atoms with Crippen molar-refractivity contribution in [1.29, 1.82) is 0 Å². The van der Waals surface area contributed by atoms with Gasteiger partial charge in [0, 0.05) is 16.7 Å². The normalized spacial score (nSPS) is 16.4. The zero-order valence-electron chi connectivity index (χ0n) is 9.07. The Bertz CT molecular complexity index is 645. The van der Waals surface area contributed by atoms with Gasteiger partial charge >= 0.3 is 0 Å². The predicted octanol–water partition coefficient (Wildman–Crippen LogP) is 2.25. The van der Waals surface area contributed by atoms with E-state index in [0.29, 0.717) is 5.56 Å². The minimum Gasteiger partial charge on any atom is -0.328 e. The summed E-state index contributed by atoms with van der Waals surface area (Å²) < 4.78 is 0. The minimum absolute atomic E-state index is 0.0727. The van der Waals surface area contributed by atoms with Crippen molar-refractivity contribution in [1.82, 2.24) is 10.6 Å². The summed E-state index contributed by atoms with van der Waals surface area (Å²) in [4.78, 5) is 21.6. The molecule has 0 aliphatic carbocycles. The molecular formula is C10H5Cl2N3O3S. The lowest BCUT2D eigenvalue weighted by Gasteiger charge is -2.02. The first-order valence-corrected chi connectivity index (χ1v) is 6.02. The summed E-state index contributed by atoms with van der Waals surface area (Å²) in [6.07, 6.45) is 1.36. The fourth-order valence-corrected chi connectivity index (χ4v) is 2.15. The van der Waals surface area contributed by atoms with Crippen molar-refractivity contribution in [3.8, 4) is 0 Å². The van der Waals surface area contributed by atoms with Crippen LogP contribution >= 0.6 is 35.4 Å². The SMILES string of the molecule is O=C1NC(=S)N/C1=C/c1cc([N+](=O)[O-])c(Cl)cc1Cl. The Labute approximate surface area is 122 Å². The van der Waals surface area contributed by atoms with E-state index in [9.17, 15) is 14.9 Å². The number of nitro benzene ring substituents is 1. The van der Waals surface area contributed by atoms with Crippen LogP contribution in [0.5, 0.6) is 0 Å². The second-order valence-electron chi connectivity index (χ2n) is 3.55. The number of halogens is 2. The molecule has 1 aliphatic rings. The van der Waals surface area contributed by atoms with Gasteiger partial charge < -0.3 is 5.32 Å². The fourth-order valence-electron chi connectivity index (χ4n) is 1.44. The van der Waals surface area contributed by atoms with Crippen molar-refractivity contribution < 1.29 is 9.72 Å². The summed E-state index contributed by atoms with van der Waals surface area (Å²) in [5, 5.41) is 16.0. The molecule has 1 amide bonds. The quantitative estimate of drug-likeness (QED) is 0.378. The average Bonchev–Trinajstić information content (AvgIpc) is 2.60. The molecule has 0 saturated carbocycles. The van der Waals surface area contributed by atoms with Crippen LogP contribution in [0.2, 0.25) is 10.0 Å². The smallest absolute Gasteiger partial charge is 0.288 e. The molecule has 1 aromatic carbocycles. The number of nitrogens with zero attached hydrogens (tertiary/aromatic N) is 1. The number of hydrogen-bond donors (Lipinski definition) is 2. The van der Waals surface area contributed by atoms with Crippen LogP contribution < -0.4 is 10.6 Å². The number of amides is 1. The molecule has 1 aromatic rings. The van der Waals surface area contributed by atoms with Crippen LogP contribution in [-0.2, 0) is 4.79 Å². The Morgan fingerprint density at radius 2 is 1.95 bits per heavy atom. The third-order valence-corrected chi connectivity index (χ3v) is 3.12. The number of rotatable bonds is 2.